The van der Waals surface area contributed by atoms with Crippen LogP contribution in [0.2, 0.25) is 0 Å². The summed E-state index contributed by atoms with van der Waals surface area (Å²) in [5.74, 6) is -1.28. The number of sulfonamides is 1. The van der Waals surface area contributed by atoms with E-state index in [4.69, 9.17) is 0 Å². The highest BCUT2D eigenvalue weighted by molar-refractivity contribution is 7.92. The third kappa shape index (κ3) is 5.22. The molecule has 0 heterocycles. The first-order chi connectivity index (χ1) is 15.5. The predicted octanol–water partition coefficient (Wildman–Crippen LogP) is 3.69. The molecule has 10 heteroatoms. The summed E-state index contributed by atoms with van der Waals surface area (Å²) < 4.78 is 53.3. The molecule has 3 aromatic carbocycles. The van der Waals surface area contributed by atoms with Gasteiger partial charge in [-0.3, -0.25) is 4.72 Å². The SMILES string of the molecule is CCc1ccc(C(=O)O)cc1S(=O)(=O)Nc1cc(S(C)(=O)=O)ccc1-c1cccc(C#N)c1. The zero-order chi connectivity index (χ0) is 24.4. The van der Waals surface area contributed by atoms with Gasteiger partial charge in [0.25, 0.3) is 10.0 Å². The second-order valence-corrected chi connectivity index (χ2v) is 10.9. The van der Waals surface area contributed by atoms with Crippen LogP contribution in [0.4, 0.5) is 5.69 Å². The minimum absolute atomic E-state index is 0.0178. The lowest BCUT2D eigenvalue weighted by Crippen LogP contribution is -2.17. The van der Waals surface area contributed by atoms with Crippen molar-refractivity contribution in [2.45, 2.75) is 23.1 Å². The van der Waals surface area contributed by atoms with Crippen molar-refractivity contribution in [2.24, 2.45) is 0 Å². The number of aromatic carboxylic acids is 1. The van der Waals surface area contributed by atoms with Crippen molar-refractivity contribution >= 4 is 31.5 Å². The van der Waals surface area contributed by atoms with Crippen molar-refractivity contribution in [3.8, 4) is 17.2 Å². The molecule has 0 aliphatic rings. The van der Waals surface area contributed by atoms with Gasteiger partial charge in [0.05, 0.1) is 32.7 Å². The fraction of sp³-hybridized carbons (Fsp3) is 0.130. The van der Waals surface area contributed by atoms with Crippen molar-refractivity contribution in [1.82, 2.24) is 0 Å². The van der Waals surface area contributed by atoms with Gasteiger partial charge in [0, 0.05) is 11.8 Å². The van der Waals surface area contributed by atoms with Gasteiger partial charge in [-0.05, 0) is 53.9 Å². The molecular weight excluding hydrogens is 464 g/mol. The van der Waals surface area contributed by atoms with E-state index >= 15 is 0 Å². The van der Waals surface area contributed by atoms with Crippen LogP contribution in [0, 0.1) is 11.3 Å². The van der Waals surface area contributed by atoms with Crippen LogP contribution in [0.15, 0.2) is 70.5 Å². The van der Waals surface area contributed by atoms with Gasteiger partial charge in [-0.15, -0.1) is 0 Å². The van der Waals surface area contributed by atoms with E-state index in [0.717, 1.165) is 12.3 Å². The molecular formula is C23H20N2O6S2. The molecule has 3 aromatic rings. The minimum atomic E-state index is -4.29. The summed E-state index contributed by atoms with van der Waals surface area (Å²) in [6.07, 6.45) is 1.33. The Kier molecular flexibility index (Phi) is 6.58. The number of nitrogens with one attached hydrogen (secondary N) is 1. The molecule has 0 aliphatic heterocycles. The van der Waals surface area contributed by atoms with Gasteiger partial charge < -0.3 is 5.11 Å². The first kappa shape index (κ1) is 24.0. The Morgan fingerprint density at radius 3 is 2.36 bits per heavy atom. The number of sulfone groups is 1. The Balaban J connectivity index is 2.22. The zero-order valence-corrected chi connectivity index (χ0v) is 19.4. The van der Waals surface area contributed by atoms with Crippen molar-refractivity contribution < 1.29 is 26.7 Å². The Hall–Kier alpha value is -3.68. The van der Waals surface area contributed by atoms with E-state index in [-0.39, 0.29) is 21.0 Å². The fourth-order valence-electron chi connectivity index (χ4n) is 3.28. The maximum absolute atomic E-state index is 13.3. The second-order valence-electron chi connectivity index (χ2n) is 7.26. The Bertz CT molecular complexity index is 1500. The number of nitriles is 1. The van der Waals surface area contributed by atoms with E-state index in [1.54, 1.807) is 31.2 Å². The molecule has 0 bridgehead atoms. The highest BCUT2D eigenvalue weighted by atomic mass is 32.2. The van der Waals surface area contributed by atoms with Crippen LogP contribution in [-0.4, -0.2) is 34.2 Å². The number of anilines is 1. The Labute approximate surface area is 192 Å². The van der Waals surface area contributed by atoms with Gasteiger partial charge in [-0.2, -0.15) is 5.26 Å². The van der Waals surface area contributed by atoms with Crippen LogP contribution in [0.3, 0.4) is 0 Å². The fourth-order valence-corrected chi connectivity index (χ4v) is 5.33. The minimum Gasteiger partial charge on any atom is -0.478 e. The van der Waals surface area contributed by atoms with E-state index in [2.05, 4.69) is 4.72 Å². The summed E-state index contributed by atoms with van der Waals surface area (Å²) in [5, 5.41) is 18.5. The molecule has 0 saturated carbocycles. The number of hydrogen-bond acceptors (Lipinski definition) is 6. The lowest BCUT2D eigenvalue weighted by atomic mass is 10.0. The van der Waals surface area contributed by atoms with Crippen molar-refractivity contribution in [1.29, 1.82) is 5.26 Å². The summed E-state index contributed by atoms with van der Waals surface area (Å²) in [6, 6.07) is 16.3. The molecule has 0 radical (unpaired) electrons. The third-order valence-electron chi connectivity index (χ3n) is 4.95. The highest BCUT2D eigenvalue weighted by Gasteiger charge is 2.23. The average Bonchev–Trinajstić information content (AvgIpc) is 2.77. The van der Waals surface area contributed by atoms with E-state index in [1.165, 1.54) is 30.3 Å². The Morgan fingerprint density at radius 1 is 1.03 bits per heavy atom. The van der Waals surface area contributed by atoms with Crippen molar-refractivity contribution in [3.63, 3.8) is 0 Å². The molecule has 0 spiro atoms. The van der Waals surface area contributed by atoms with Gasteiger partial charge in [0.15, 0.2) is 9.84 Å². The predicted molar refractivity (Wildman–Crippen MR) is 123 cm³/mol. The average molecular weight is 485 g/mol. The van der Waals surface area contributed by atoms with E-state index in [1.807, 2.05) is 6.07 Å². The monoisotopic (exact) mass is 484 g/mol. The summed E-state index contributed by atoms with van der Waals surface area (Å²) in [4.78, 5) is 11.1. The lowest BCUT2D eigenvalue weighted by Gasteiger charge is -2.16. The maximum atomic E-state index is 13.3. The normalized spacial score (nSPS) is 11.5. The summed E-state index contributed by atoms with van der Waals surface area (Å²) in [5.41, 5.74) is 1.39. The number of carboxylic acids is 1. The Morgan fingerprint density at radius 2 is 1.76 bits per heavy atom. The number of aryl methyl sites for hydroxylation is 1. The van der Waals surface area contributed by atoms with Crippen molar-refractivity contribution in [3.05, 3.63) is 77.4 Å². The number of nitrogens with zero attached hydrogens (tertiary/aromatic N) is 1. The smallest absolute Gasteiger partial charge is 0.335 e. The van der Waals surface area contributed by atoms with Crippen molar-refractivity contribution in [2.75, 3.05) is 11.0 Å². The quantitative estimate of drug-likeness (QED) is 0.521. The molecule has 0 aliphatic carbocycles. The summed E-state index contributed by atoms with van der Waals surface area (Å²) in [7, 11) is -7.95. The van der Waals surface area contributed by atoms with Gasteiger partial charge in [-0.1, -0.05) is 31.2 Å². The number of benzene rings is 3. The molecule has 2 N–H and O–H groups in total. The van der Waals surface area contributed by atoms with Crippen LogP contribution in [0.25, 0.3) is 11.1 Å². The lowest BCUT2D eigenvalue weighted by molar-refractivity contribution is 0.0696. The van der Waals surface area contributed by atoms with Gasteiger partial charge >= 0.3 is 5.97 Å². The van der Waals surface area contributed by atoms with Crippen LogP contribution >= 0.6 is 0 Å². The molecule has 0 fully saturated rings. The topological polar surface area (TPSA) is 141 Å². The third-order valence-corrected chi connectivity index (χ3v) is 7.51. The maximum Gasteiger partial charge on any atom is 0.335 e. The second kappa shape index (κ2) is 9.05. The van der Waals surface area contributed by atoms with E-state index in [0.29, 0.717) is 28.7 Å². The largest absolute Gasteiger partial charge is 0.478 e. The first-order valence-corrected chi connectivity index (χ1v) is 13.1. The first-order valence-electron chi connectivity index (χ1n) is 9.70. The van der Waals surface area contributed by atoms with Gasteiger partial charge in [0.1, 0.15) is 0 Å². The van der Waals surface area contributed by atoms with Crippen LogP contribution in [0.5, 0.6) is 0 Å². The number of hydrogen-bond donors (Lipinski definition) is 2. The molecule has 0 atom stereocenters. The molecule has 8 nitrogen and oxygen atoms in total. The number of carbonyl (C=O) groups is 1. The molecule has 0 aromatic heterocycles. The zero-order valence-electron chi connectivity index (χ0n) is 17.7. The standard InChI is InChI=1S/C23H20N2O6S2/c1-3-16-7-8-18(23(26)27)12-22(16)33(30,31)25-21-13-19(32(2,28)29)9-10-20(21)17-6-4-5-15(11-17)14-24/h4-13,25H,3H2,1-2H3,(H,26,27). The van der Waals surface area contributed by atoms with Gasteiger partial charge in [0.2, 0.25) is 0 Å². The number of carboxylic acid groups (broad SMARTS) is 1. The van der Waals surface area contributed by atoms with Crippen LogP contribution in [-0.2, 0) is 26.3 Å². The van der Waals surface area contributed by atoms with Gasteiger partial charge in [-0.25, -0.2) is 21.6 Å². The molecule has 0 unspecified atom stereocenters. The number of rotatable bonds is 7. The van der Waals surface area contributed by atoms with Crippen LogP contribution < -0.4 is 4.72 Å². The highest BCUT2D eigenvalue weighted by Crippen LogP contribution is 2.33. The molecule has 0 amide bonds. The molecule has 0 saturated heterocycles. The summed E-state index contributed by atoms with van der Waals surface area (Å²) in [6.45, 7) is 1.73. The molecule has 33 heavy (non-hydrogen) atoms. The molecule has 170 valence electrons. The van der Waals surface area contributed by atoms with Crippen LogP contribution in [0.1, 0.15) is 28.4 Å². The van der Waals surface area contributed by atoms with E-state index in [9.17, 15) is 32.0 Å². The molecule has 3 rings (SSSR count). The van der Waals surface area contributed by atoms with E-state index < -0.39 is 25.8 Å². The summed E-state index contributed by atoms with van der Waals surface area (Å²) >= 11 is 0.